The van der Waals surface area contributed by atoms with Crippen molar-refractivity contribution in [1.82, 2.24) is 14.8 Å². The number of carbonyl (C=O) groups excluding carboxylic acids is 2. The molecule has 0 fully saturated rings. The van der Waals surface area contributed by atoms with Crippen molar-refractivity contribution in [2.75, 3.05) is 19.6 Å². The molecule has 0 aliphatic heterocycles. The van der Waals surface area contributed by atoms with E-state index in [0.717, 1.165) is 30.3 Å². The van der Waals surface area contributed by atoms with Crippen molar-refractivity contribution in [2.45, 2.75) is 59.4 Å². The molecule has 2 amide bonds. The van der Waals surface area contributed by atoms with Crippen LogP contribution in [0.5, 0.6) is 0 Å². The van der Waals surface area contributed by atoms with Gasteiger partial charge in [-0.15, -0.1) is 0 Å². The summed E-state index contributed by atoms with van der Waals surface area (Å²) in [7, 11) is 0. The SMILES string of the molecule is CCCCCc1ccc(C(=O)N(CC(=O)N(CCc2c[nH]c3ccccc23)Cc2ccccc2)CC(C)C)cc1. The molecule has 0 bridgehead atoms. The summed E-state index contributed by atoms with van der Waals surface area (Å²) in [6, 6.07) is 26.3. The van der Waals surface area contributed by atoms with E-state index in [1.165, 1.54) is 29.4 Å². The number of unbranched alkanes of at least 4 members (excludes halogenated alkanes) is 2. The van der Waals surface area contributed by atoms with Gasteiger partial charge in [0.2, 0.25) is 5.91 Å². The van der Waals surface area contributed by atoms with E-state index in [4.69, 9.17) is 0 Å². The molecule has 3 aromatic carbocycles. The Bertz CT molecular complexity index is 1360. The molecule has 5 nitrogen and oxygen atoms in total. The highest BCUT2D eigenvalue weighted by Gasteiger charge is 2.23. The van der Waals surface area contributed by atoms with E-state index in [0.29, 0.717) is 25.2 Å². The number of carbonyl (C=O) groups is 2. The number of nitrogens with one attached hydrogen (secondary N) is 1. The number of hydrogen-bond acceptors (Lipinski definition) is 2. The summed E-state index contributed by atoms with van der Waals surface area (Å²) in [6.45, 7) is 8.06. The lowest BCUT2D eigenvalue weighted by molar-refractivity contribution is -0.132. The Morgan fingerprint density at radius 1 is 0.800 bits per heavy atom. The lowest BCUT2D eigenvalue weighted by atomic mass is 10.0. The fourth-order valence-electron chi connectivity index (χ4n) is 5.19. The summed E-state index contributed by atoms with van der Waals surface area (Å²) in [5.74, 6) is 0.131. The Morgan fingerprint density at radius 3 is 2.25 bits per heavy atom. The Kier molecular flexibility index (Phi) is 10.6. The monoisotopic (exact) mass is 537 g/mol. The molecule has 1 aromatic heterocycles. The molecule has 5 heteroatoms. The van der Waals surface area contributed by atoms with Gasteiger partial charge in [0.15, 0.2) is 0 Å². The van der Waals surface area contributed by atoms with Gasteiger partial charge in [0, 0.05) is 42.3 Å². The Morgan fingerprint density at radius 2 is 1.52 bits per heavy atom. The van der Waals surface area contributed by atoms with Crippen molar-refractivity contribution in [3.63, 3.8) is 0 Å². The fourth-order valence-corrected chi connectivity index (χ4v) is 5.19. The van der Waals surface area contributed by atoms with Crippen LogP contribution in [0.3, 0.4) is 0 Å². The quantitative estimate of drug-likeness (QED) is 0.172. The second kappa shape index (κ2) is 14.5. The summed E-state index contributed by atoms with van der Waals surface area (Å²) < 4.78 is 0. The Hall–Kier alpha value is -3.86. The van der Waals surface area contributed by atoms with Crippen LogP contribution in [-0.2, 0) is 24.2 Å². The standard InChI is InChI=1S/C35H43N3O2/c1-4-5-7-12-28-17-19-30(20-18-28)35(40)38(24-27(2)3)26-34(39)37(25-29-13-8-6-9-14-29)22-21-31-23-36-33-16-11-10-15-32(31)33/h6,8-11,13-20,23,27,36H,4-5,7,12,21-22,24-26H2,1-3H3. The molecule has 4 rings (SSSR count). The summed E-state index contributed by atoms with van der Waals surface area (Å²) in [4.78, 5) is 34.4. The average Bonchev–Trinajstić information content (AvgIpc) is 3.38. The van der Waals surface area contributed by atoms with Gasteiger partial charge in [0.25, 0.3) is 5.91 Å². The number of aromatic amines is 1. The van der Waals surface area contributed by atoms with Crippen LogP contribution in [0.1, 0.15) is 67.1 Å². The van der Waals surface area contributed by atoms with Gasteiger partial charge in [-0.3, -0.25) is 9.59 Å². The minimum Gasteiger partial charge on any atom is -0.361 e. The largest absolute Gasteiger partial charge is 0.361 e. The summed E-state index contributed by atoms with van der Waals surface area (Å²) >= 11 is 0. The Labute approximate surface area is 239 Å². The third-order valence-corrected chi connectivity index (χ3v) is 7.36. The molecule has 4 aromatic rings. The molecule has 0 radical (unpaired) electrons. The second-order valence-electron chi connectivity index (χ2n) is 11.1. The highest BCUT2D eigenvalue weighted by molar-refractivity contribution is 5.96. The number of amides is 2. The van der Waals surface area contributed by atoms with Gasteiger partial charge in [-0.1, -0.05) is 94.3 Å². The van der Waals surface area contributed by atoms with Gasteiger partial charge in [0.05, 0.1) is 0 Å². The van der Waals surface area contributed by atoms with Gasteiger partial charge in [0.1, 0.15) is 6.54 Å². The van der Waals surface area contributed by atoms with Crippen LogP contribution >= 0.6 is 0 Å². The number of fused-ring (bicyclic) bond motifs is 1. The molecule has 0 aliphatic carbocycles. The van der Waals surface area contributed by atoms with Crippen molar-refractivity contribution < 1.29 is 9.59 Å². The number of benzene rings is 3. The first-order valence-corrected chi connectivity index (χ1v) is 14.7. The second-order valence-corrected chi connectivity index (χ2v) is 11.1. The van der Waals surface area contributed by atoms with E-state index in [1.54, 1.807) is 4.90 Å². The van der Waals surface area contributed by atoms with Crippen LogP contribution in [0.4, 0.5) is 0 Å². The molecule has 40 heavy (non-hydrogen) atoms. The number of rotatable bonds is 14. The van der Waals surface area contributed by atoms with Gasteiger partial charge < -0.3 is 14.8 Å². The number of nitrogens with zero attached hydrogens (tertiary/aromatic N) is 2. The highest BCUT2D eigenvalue weighted by atomic mass is 16.2. The third kappa shape index (κ3) is 8.08. The van der Waals surface area contributed by atoms with Crippen molar-refractivity contribution in [3.05, 3.63) is 107 Å². The van der Waals surface area contributed by atoms with Gasteiger partial charge >= 0.3 is 0 Å². The molecular formula is C35H43N3O2. The lowest BCUT2D eigenvalue weighted by Crippen LogP contribution is -2.44. The maximum atomic E-state index is 13.8. The zero-order valence-corrected chi connectivity index (χ0v) is 24.2. The number of aromatic nitrogens is 1. The molecule has 0 spiro atoms. The number of aryl methyl sites for hydroxylation is 1. The first-order valence-electron chi connectivity index (χ1n) is 14.7. The van der Waals surface area contributed by atoms with Gasteiger partial charge in [-0.2, -0.15) is 0 Å². The molecular weight excluding hydrogens is 494 g/mol. The molecule has 210 valence electrons. The van der Waals surface area contributed by atoms with E-state index in [9.17, 15) is 9.59 Å². The third-order valence-electron chi connectivity index (χ3n) is 7.36. The van der Waals surface area contributed by atoms with E-state index in [-0.39, 0.29) is 24.3 Å². The van der Waals surface area contributed by atoms with Gasteiger partial charge in [-0.25, -0.2) is 0 Å². The van der Waals surface area contributed by atoms with E-state index >= 15 is 0 Å². The zero-order valence-electron chi connectivity index (χ0n) is 24.2. The molecule has 0 aliphatic rings. The predicted molar refractivity (Wildman–Crippen MR) is 164 cm³/mol. The van der Waals surface area contributed by atoms with Crippen LogP contribution in [0.2, 0.25) is 0 Å². The molecule has 1 N–H and O–H groups in total. The minimum absolute atomic E-state index is 0.0334. The first-order chi connectivity index (χ1) is 19.4. The summed E-state index contributed by atoms with van der Waals surface area (Å²) in [5, 5.41) is 1.18. The summed E-state index contributed by atoms with van der Waals surface area (Å²) in [6.07, 6.45) is 7.37. The molecule has 0 saturated carbocycles. The molecule has 0 unspecified atom stereocenters. The predicted octanol–water partition coefficient (Wildman–Crippen LogP) is 7.27. The highest BCUT2D eigenvalue weighted by Crippen LogP contribution is 2.19. The van der Waals surface area contributed by atoms with Crippen LogP contribution in [0.25, 0.3) is 10.9 Å². The number of hydrogen-bond donors (Lipinski definition) is 1. The van der Waals surface area contributed by atoms with Crippen molar-refractivity contribution >= 4 is 22.7 Å². The van der Waals surface area contributed by atoms with Gasteiger partial charge in [-0.05, 0) is 60.1 Å². The van der Waals surface area contributed by atoms with Crippen LogP contribution in [0, 0.1) is 5.92 Å². The van der Waals surface area contributed by atoms with Crippen LogP contribution in [0.15, 0.2) is 85.1 Å². The topological polar surface area (TPSA) is 56.4 Å². The smallest absolute Gasteiger partial charge is 0.254 e. The van der Waals surface area contributed by atoms with Crippen molar-refractivity contribution in [3.8, 4) is 0 Å². The first kappa shape index (κ1) is 29.1. The number of H-pyrrole nitrogens is 1. The zero-order chi connectivity index (χ0) is 28.3. The lowest BCUT2D eigenvalue weighted by Gasteiger charge is -2.29. The van der Waals surface area contributed by atoms with Crippen molar-refractivity contribution in [1.29, 1.82) is 0 Å². The van der Waals surface area contributed by atoms with E-state index in [2.05, 4.69) is 50.0 Å². The number of para-hydroxylation sites is 1. The van der Waals surface area contributed by atoms with Crippen molar-refractivity contribution in [2.24, 2.45) is 5.92 Å². The molecule has 1 heterocycles. The Balaban J connectivity index is 1.49. The maximum Gasteiger partial charge on any atom is 0.254 e. The summed E-state index contributed by atoms with van der Waals surface area (Å²) in [5.41, 5.74) is 5.26. The minimum atomic E-state index is -0.0848. The van der Waals surface area contributed by atoms with E-state index < -0.39 is 0 Å². The van der Waals surface area contributed by atoms with Crippen LogP contribution < -0.4 is 0 Å². The maximum absolute atomic E-state index is 13.8. The normalized spacial score (nSPS) is 11.2. The average molecular weight is 538 g/mol. The molecule has 0 atom stereocenters. The molecule has 0 saturated heterocycles. The van der Waals surface area contributed by atoms with E-state index in [1.807, 2.05) is 65.7 Å². The van der Waals surface area contributed by atoms with Crippen LogP contribution in [-0.4, -0.2) is 46.2 Å². The fraction of sp³-hybridized carbons (Fsp3) is 0.371.